The van der Waals surface area contributed by atoms with E-state index in [-0.39, 0.29) is 12.5 Å². The fraction of sp³-hybridized carbons (Fsp3) is 0.333. The lowest BCUT2D eigenvalue weighted by Crippen LogP contribution is -2.30. The molecule has 0 heterocycles. The number of ether oxygens (including phenoxy) is 2. The zero-order chi connectivity index (χ0) is 15.7. The minimum Gasteiger partial charge on any atom is -0.497 e. The van der Waals surface area contributed by atoms with Gasteiger partial charge in [0.15, 0.2) is 6.61 Å². The first-order valence-electron chi connectivity index (χ1n) is 6.46. The van der Waals surface area contributed by atoms with E-state index in [0.717, 1.165) is 0 Å². The van der Waals surface area contributed by atoms with Gasteiger partial charge in [-0.2, -0.15) is 5.48 Å². The van der Waals surface area contributed by atoms with Gasteiger partial charge in [0.1, 0.15) is 11.5 Å². The van der Waals surface area contributed by atoms with E-state index in [0.29, 0.717) is 11.5 Å². The zero-order valence-corrected chi connectivity index (χ0v) is 12.3. The summed E-state index contributed by atoms with van der Waals surface area (Å²) in [5.41, 5.74) is 2.01. The number of allylic oxidation sites excluding steroid dienone is 1. The lowest BCUT2D eigenvalue weighted by atomic mass is 10.2. The molecule has 1 rings (SSSR count). The van der Waals surface area contributed by atoms with Crippen molar-refractivity contribution in [3.63, 3.8) is 0 Å². The Hall–Kier alpha value is -2.50. The number of benzene rings is 1. The third-order valence-electron chi connectivity index (χ3n) is 2.31. The highest BCUT2D eigenvalue weighted by Crippen LogP contribution is 2.16. The lowest BCUT2D eigenvalue weighted by Gasteiger charge is -2.07. The largest absolute Gasteiger partial charge is 0.497 e. The number of methoxy groups -OCH3 is 1. The molecule has 0 atom stereocenters. The van der Waals surface area contributed by atoms with Gasteiger partial charge in [0, 0.05) is 6.08 Å². The Morgan fingerprint density at radius 3 is 2.38 bits per heavy atom. The van der Waals surface area contributed by atoms with Gasteiger partial charge in [-0.15, -0.1) is 0 Å². The standard InChI is InChI=1S/C15H19NO5/c1-11(2)4-9-15(18)21-16-14(17)10-20-13-7-5-12(19-3)6-8-13/h4-9,11H,10H2,1-3H3,(H,16,17)/b9-4+. The van der Waals surface area contributed by atoms with Crippen LogP contribution in [0.3, 0.4) is 0 Å². The molecule has 1 amide bonds. The molecule has 0 spiro atoms. The van der Waals surface area contributed by atoms with Gasteiger partial charge in [0.25, 0.3) is 5.91 Å². The predicted molar refractivity (Wildman–Crippen MR) is 76.7 cm³/mol. The maximum absolute atomic E-state index is 11.4. The summed E-state index contributed by atoms with van der Waals surface area (Å²) in [6, 6.07) is 6.76. The highest BCUT2D eigenvalue weighted by Gasteiger charge is 2.05. The van der Waals surface area contributed by atoms with Crippen LogP contribution in [0.5, 0.6) is 11.5 Å². The number of hydroxylamine groups is 1. The molecule has 1 N–H and O–H groups in total. The molecule has 0 aromatic heterocycles. The van der Waals surface area contributed by atoms with Crippen LogP contribution in [0.4, 0.5) is 0 Å². The van der Waals surface area contributed by atoms with Crippen molar-refractivity contribution in [3.05, 3.63) is 36.4 Å². The second-order valence-corrected chi connectivity index (χ2v) is 4.51. The molecular weight excluding hydrogens is 274 g/mol. The third-order valence-corrected chi connectivity index (χ3v) is 2.31. The van der Waals surface area contributed by atoms with E-state index >= 15 is 0 Å². The van der Waals surface area contributed by atoms with Crippen molar-refractivity contribution in [2.24, 2.45) is 5.92 Å². The summed E-state index contributed by atoms with van der Waals surface area (Å²) in [7, 11) is 1.56. The average Bonchev–Trinajstić information content (AvgIpc) is 2.49. The summed E-state index contributed by atoms with van der Waals surface area (Å²) in [6.45, 7) is 3.59. The Morgan fingerprint density at radius 2 is 1.81 bits per heavy atom. The van der Waals surface area contributed by atoms with Crippen LogP contribution >= 0.6 is 0 Å². The van der Waals surface area contributed by atoms with E-state index in [9.17, 15) is 9.59 Å². The molecule has 0 fully saturated rings. The minimum atomic E-state index is -0.638. The Balaban J connectivity index is 2.29. The summed E-state index contributed by atoms with van der Waals surface area (Å²) in [4.78, 5) is 27.2. The Morgan fingerprint density at radius 1 is 1.19 bits per heavy atom. The van der Waals surface area contributed by atoms with E-state index in [1.165, 1.54) is 6.08 Å². The second kappa shape index (κ2) is 8.63. The SMILES string of the molecule is COc1ccc(OCC(=O)NOC(=O)/C=C/C(C)C)cc1. The van der Waals surface area contributed by atoms with E-state index < -0.39 is 11.9 Å². The molecule has 0 bridgehead atoms. The van der Waals surface area contributed by atoms with Crippen LogP contribution in [0.15, 0.2) is 36.4 Å². The molecule has 114 valence electrons. The summed E-state index contributed by atoms with van der Waals surface area (Å²) < 4.78 is 10.2. The van der Waals surface area contributed by atoms with Crippen LogP contribution in [0, 0.1) is 5.92 Å². The van der Waals surface area contributed by atoms with Gasteiger partial charge < -0.3 is 14.3 Å². The summed E-state index contributed by atoms with van der Waals surface area (Å²) >= 11 is 0. The van der Waals surface area contributed by atoms with Gasteiger partial charge in [-0.3, -0.25) is 4.79 Å². The molecular formula is C15H19NO5. The monoisotopic (exact) mass is 293 g/mol. The van der Waals surface area contributed by atoms with E-state index in [1.807, 2.05) is 19.3 Å². The Labute approximate surface area is 123 Å². The number of hydrogen-bond donors (Lipinski definition) is 1. The third kappa shape index (κ3) is 7.00. The molecule has 0 saturated heterocycles. The Kier molecular flexibility index (Phi) is 6.80. The molecule has 1 aromatic rings. The van der Waals surface area contributed by atoms with Crippen LogP contribution in [-0.2, 0) is 14.4 Å². The smallest absolute Gasteiger partial charge is 0.355 e. The quantitative estimate of drug-likeness (QED) is 0.640. The molecule has 0 radical (unpaired) electrons. The lowest BCUT2D eigenvalue weighted by molar-refractivity contribution is -0.154. The molecule has 0 saturated carbocycles. The second-order valence-electron chi connectivity index (χ2n) is 4.51. The van der Waals surface area contributed by atoms with Crippen molar-refractivity contribution < 1.29 is 23.9 Å². The Bertz CT molecular complexity index is 493. The molecule has 0 unspecified atom stereocenters. The number of amides is 1. The number of carbonyl (C=O) groups excluding carboxylic acids is 2. The number of nitrogens with one attached hydrogen (secondary N) is 1. The van der Waals surface area contributed by atoms with Crippen LogP contribution < -0.4 is 15.0 Å². The zero-order valence-electron chi connectivity index (χ0n) is 12.3. The van der Waals surface area contributed by atoms with E-state index in [4.69, 9.17) is 9.47 Å². The predicted octanol–water partition coefficient (Wildman–Crippen LogP) is 1.86. The fourth-order valence-corrected chi connectivity index (χ4v) is 1.26. The molecule has 0 aliphatic heterocycles. The fourth-order valence-electron chi connectivity index (χ4n) is 1.26. The van der Waals surface area contributed by atoms with Crippen LogP contribution in [-0.4, -0.2) is 25.6 Å². The maximum atomic E-state index is 11.4. The number of rotatable bonds is 6. The van der Waals surface area contributed by atoms with Gasteiger partial charge in [-0.05, 0) is 30.2 Å². The van der Waals surface area contributed by atoms with Gasteiger partial charge in [0.2, 0.25) is 0 Å². The number of hydrogen-bond acceptors (Lipinski definition) is 5. The first-order chi connectivity index (χ1) is 10.0. The average molecular weight is 293 g/mol. The van der Waals surface area contributed by atoms with E-state index in [1.54, 1.807) is 37.5 Å². The summed E-state index contributed by atoms with van der Waals surface area (Å²) in [5.74, 6) is 0.236. The molecule has 6 heteroatoms. The van der Waals surface area contributed by atoms with E-state index in [2.05, 4.69) is 4.84 Å². The van der Waals surface area contributed by atoms with Crippen LogP contribution in [0.25, 0.3) is 0 Å². The van der Waals surface area contributed by atoms with Gasteiger partial charge in [0.05, 0.1) is 7.11 Å². The maximum Gasteiger partial charge on any atom is 0.355 e. The molecule has 0 aliphatic carbocycles. The van der Waals surface area contributed by atoms with Crippen LogP contribution in [0.1, 0.15) is 13.8 Å². The van der Waals surface area contributed by atoms with Crippen molar-refractivity contribution in [2.75, 3.05) is 13.7 Å². The molecule has 6 nitrogen and oxygen atoms in total. The molecule has 1 aromatic carbocycles. The number of carbonyl (C=O) groups is 2. The van der Waals surface area contributed by atoms with Gasteiger partial charge >= 0.3 is 5.97 Å². The summed E-state index contributed by atoms with van der Waals surface area (Å²) in [5, 5.41) is 0. The van der Waals surface area contributed by atoms with Crippen molar-refractivity contribution in [1.29, 1.82) is 0 Å². The normalized spacial score (nSPS) is 10.5. The topological polar surface area (TPSA) is 73.9 Å². The van der Waals surface area contributed by atoms with Crippen molar-refractivity contribution in [2.45, 2.75) is 13.8 Å². The highest BCUT2D eigenvalue weighted by atomic mass is 16.7. The molecule has 0 aliphatic rings. The highest BCUT2D eigenvalue weighted by molar-refractivity contribution is 5.84. The molecule has 21 heavy (non-hydrogen) atoms. The minimum absolute atomic E-state index is 0.228. The first kappa shape index (κ1) is 16.6. The van der Waals surface area contributed by atoms with Gasteiger partial charge in [-0.25, -0.2) is 4.79 Å². The van der Waals surface area contributed by atoms with Crippen LogP contribution in [0.2, 0.25) is 0 Å². The van der Waals surface area contributed by atoms with Crippen molar-refractivity contribution in [3.8, 4) is 11.5 Å². The first-order valence-corrected chi connectivity index (χ1v) is 6.46. The van der Waals surface area contributed by atoms with Gasteiger partial charge in [-0.1, -0.05) is 19.9 Å². The van der Waals surface area contributed by atoms with Crippen molar-refractivity contribution in [1.82, 2.24) is 5.48 Å². The summed E-state index contributed by atoms with van der Waals surface area (Å²) in [6.07, 6.45) is 2.93. The van der Waals surface area contributed by atoms with Crippen molar-refractivity contribution >= 4 is 11.9 Å².